The fourth-order valence-electron chi connectivity index (χ4n) is 1.30. The van der Waals surface area contributed by atoms with Crippen LogP contribution in [0.5, 0.6) is 0 Å². The summed E-state index contributed by atoms with van der Waals surface area (Å²) in [5.41, 5.74) is 0.776. The number of benzene rings is 1. The maximum absolute atomic E-state index is 12.7. The number of aromatic nitrogens is 3. The van der Waals surface area contributed by atoms with Gasteiger partial charge in [-0.15, -0.1) is 28.5 Å². The first-order chi connectivity index (χ1) is 8.28. The first-order valence-electron chi connectivity index (χ1n) is 5.11. The van der Waals surface area contributed by atoms with Crippen molar-refractivity contribution in [1.29, 1.82) is 0 Å². The lowest BCUT2D eigenvalue weighted by Gasteiger charge is -2.01. The Kier molecular flexibility index (Phi) is 4.39. The minimum atomic E-state index is -0.211. The summed E-state index contributed by atoms with van der Waals surface area (Å²) in [6.07, 6.45) is 1.83. The molecule has 1 aromatic heterocycles. The Morgan fingerprint density at radius 2 is 2.06 bits per heavy atom. The fourth-order valence-corrected chi connectivity index (χ4v) is 2.26. The van der Waals surface area contributed by atoms with E-state index in [9.17, 15) is 4.39 Å². The van der Waals surface area contributed by atoms with Crippen LogP contribution in [0.1, 0.15) is 5.69 Å². The zero-order valence-electron chi connectivity index (χ0n) is 9.01. The van der Waals surface area contributed by atoms with Crippen molar-refractivity contribution in [3.63, 3.8) is 0 Å². The highest BCUT2D eigenvalue weighted by Crippen LogP contribution is 2.18. The number of rotatable bonds is 5. The second-order valence-electron chi connectivity index (χ2n) is 3.41. The molecule has 0 unspecified atom stereocenters. The van der Waals surface area contributed by atoms with Crippen LogP contribution in [0.25, 0.3) is 0 Å². The van der Waals surface area contributed by atoms with Gasteiger partial charge in [0.25, 0.3) is 0 Å². The second kappa shape index (κ2) is 6.02. The molecule has 2 aromatic rings. The van der Waals surface area contributed by atoms with Crippen molar-refractivity contribution in [2.24, 2.45) is 0 Å². The standard InChI is InChI=1S/C11H11ClFN3S/c12-7-10-8-16(15-14-10)5-6-17-11-3-1-9(13)2-4-11/h1-4,8H,5-7H2. The molecule has 0 aliphatic rings. The van der Waals surface area contributed by atoms with Crippen LogP contribution in [-0.4, -0.2) is 20.7 Å². The Bertz CT molecular complexity index is 472. The predicted molar refractivity (Wildman–Crippen MR) is 66.7 cm³/mol. The highest BCUT2D eigenvalue weighted by Gasteiger charge is 1.99. The molecule has 0 atom stereocenters. The Morgan fingerprint density at radius 3 is 2.71 bits per heavy atom. The molecule has 1 heterocycles. The summed E-state index contributed by atoms with van der Waals surface area (Å²) in [6, 6.07) is 6.46. The highest BCUT2D eigenvalue weighted by molar-refractivity contribution is 7.99. The van der Waals surface area contributed by atoms with Crippen LogP contribution in [0.15, 0.2) is 35.4 Å². The first kappa shape index (κ1) is 12.4. The van der Waals surface area contributed by atoms with Gasteiger partial charge in [0, 0.05) is 16.8 Å². The van der Waals surface area contributed by atoms with E-state index in [0.29, 0.717) is 5.88 Å². The van der Waals surface area contributed by atoms with E-state index in [1.807, 2.05) is 6.20 Å². The van der Waals surface area contributed by atoms with Gasteiger partial charge in [-0.2, -0.15) is 0 Å². The van der Waals surface area contributed by atoms with E-state index in [-0.39, 0.29) is 5.82 Å². The average molecular weight is 272 g/mol. The average Bonchev–Trinajstić information content (AvgIpc) is 2.80. The molecule has 0 aliphatic carbocycles. The number of nitrogens with zero attached hydrogens (tertiary/aromatic N) is 3. The number of halogens is 2. The highest BCUT2D eigenvalue weighted by atomic mass is 35.5. The molecule has 0 aliphatic heterocycles. The topological polar surface area (TPSA) is 30.7 Å². The number of hydrogen-bond donors (Lipinski definition) is 0. The molecule has 0 fully saturated rings. The van der Waals surface area contributed by atoms with Gasteiger partial charge in [-0.3, -0.25) is 4.68 Å². The van der Waals surface area contributed by atoms with E-state index >= 15 is 0 Å². The van der Waals surface area contributed by atoms with Crippen LogP contribution in [-0.2, 0) is 12.4 Å². The smallest absolute Gasteiger partial charge is 0.123 e. The van der Waals surface area contributed by atoms with Crippen molar-refractivity contribution in [3.8, 4) is 0 Å². The first-order valence-corrected chi connectivity index (χ1v) is 6.63. The molecule has 0 spiro atoms. The lowest BCUT2D eigenvalue weighted by Crippen LogP contribution is -2.00. The van der Waals surface area contributed by atoms with Gasteiger partial charge in [-0.1, -0.05) is 5.21 Å². The fraction of sp³-hybridized carbons (Fsp3) is 0.273. The Balaban J connectivity index is 1.81. The molecular weight excluding hydrogens is 261 g/mol. The third-order valence-corrected chi connectivity index (χ3v) is 3.39. The van der Waals surface area contributed by atoms with Crippen LogP contribution >= 0.6 is 23.4 Å². The van der Waals surface area contributed by atoms with Crippen LogP contribution in [0.3, 0.4) is 0 Å². The van der Waals surface area contributed by atoms with Gasteiger partial charge in [-0.25, -0.2) is 4.39 Å². The summed E-state index contributed by atoms with van der Waals surface area (Å²) in [5, 5.41) is 7.84. The maximum atomic E-state index is 12.7. The van der Waals surface area contributed by atoms with E-state index in [1.54, 1.807) is 28.6 Å². The summed E-state index contributed by atoms with van der Waals surface area (Å²) < 4.78 is 14.4. The minimum Gasteiger partial charge on any atom is -0.251 e. The van der Waals surface area contributed by atoms with Gasteiger partial charge in [0.15, 0.2) is 0 Å². The molecule has 0 saturated carbocycles. The summed E-state index contributed by atoms with van der Waals surface area (Å²) in [4.78, 5) is 1.05. The van der Waals surface area contributed by atoms with E-state index in [4.69, 9.17) is 11.6 Å². The molecule has 0 amide bonds. The number of thioether (sulfide) groups is 1. The van der Waals surface area contributed by atoms with E-state index in [2.05, 4.69) is 10.3 Å². The van der Waals surface area contributed by atoms with Gasteiger partial charge in [0.05, 0.1) is 18.1 Å². The molecule has 3 nitrogen and oxygen atoms in total. The second-order valence-corrected chi connectivity index (χ2v) is 4.84. The quantitative estimate of drug-likeness (QED) is 0.619. The van der Waals surface area contributed by atoms with Gasteiger partial charge in [0.1, 0.15) is 5.82 Å². The maximum Gasteiger partial charge on any atom is 0.123 e. The Morgan fingerprint density at radius 1 is 1.29 bits per heavy atom. The SMILES string of the molecule is Fc1ccc(SCCn2cc(CCl)nn2)cc1. The Labute approximate surface area is 108 Å². The zero-order valence-corrected chi connectivity index (χ0v) is 10.6. The Hall–Kier alpha value is -1.07. The predicted octanol–water partition coefficient (Wildman–Crippen LogP) is 2.95. The van der Waals surface area contributed by atoms with Crippen molar-refractivity contribution >= 4 is 23.4 Å². The molecule has 6 heteroatoms. The monoisotopic (exact) mass is 271 g/mol. The largest absolute Gasteiger partial charge is 0.251 e. The van der Waals surface area contributed by atoms with Gasteiger partial charge in [0.2, 0.25) is 0 Å². The van der Waals surface area contributed by atoms with Gasteiger partial charge in [-0.05, 0) is 24.3 Å². The molecule has 17 heavy (non-hydrogen) atoms. The lowest BCUT2D eigenvalue weighted by atomic mass is 10.4. The molecular formula is C11H11ClFN3S. The third-order valence-electron chi connectivity index (χ3n) is 2.13. The molecule has 0 radical (unpaired) electrons. The van der Waals surface area contributed by atoms with Gasteiger partial charge >= 0.3 is 0 Å². The van der Waals surface area contributed by atoms with Crippen LogP contribution in [0.4, 0.5) is 4.39 Å². The minimum absolute atomic E-state index is 0.211. The van der Waals surface area contributed by atoms with E-state index in [0.717, 1.165) is 22.9 Å². The molecule has 0 bridgehead atoms. The number of hydrogen-bond acceptors (Lipinski definition) is 3. The number of alkyl halides is 1. The van der Waals surface area contributed by atoms with Crippen molar-refractivity contribution in [3.05, 3.63) is 42.0 Å². The summed E-state index contributed by atoms with van der Waals surface area (Å²) >= 11 is 7.28. The van der Waals surface area contributed by atoms with E-state index in [1.165, 1.54) is 12.1 Å². The summed E-state index contributed by atoms with van der Waals surface area (Å²) in [6.45, 7) is 0.756. The molecule has 1 aromatic carbocycles. The summed E-state index contributed by atoms with van der Waals surface area (Å²) in [7, 11) is 0. The van der Waals surface area contributed by atoms with E-state index < -0.39 is 0 Å². The normalized spacial score (nSPS) is 10.7. The summed E-state index contributed by atoms with van der Waals surface area (Å²) in [5.74, 6) is 1.03. The van der Waals surface area contributed by atoms with Crippen molar-refractivity contribution in [1.82, 2.24) is 15.0 Å². The molecule has 0 saturated heterocycles. The molecule has 90 valence electrons. The number of aryl methyl sites for hydroxylation is 1. The third kappa shape index (κ3) is 3.71. The van der Waals surface area contributed by atoms with Crippen molar-refractivity contribution in [2.45, 2.75) is 17.3 Å². The molecule has 2 rings (SSSR count). The van der Waals surface area contributed by atoms with Crippen LogP contribution < -0.4 is 0 Å². The van der Waals surface area contributed by atoms with Crippen molar-refractivity contribution in [2.75, 3.05) is 5.75 Å². The zero-order chi connectivity index (χ0) is 12.1. The van der Waals surface area contributed by atoms with Crippen molar-refractivity contribution < 1.29 is 4.39 Å². The van der Waals surface area contributed by atoms with Gasteiger partial charge < -0.3 is 0 Å². The van der Waals surface area contributed by atoms with Crippen LogP contribution in [0.2, 0.25) is 0 Å². The molecule has 0 N–H and O–H groups in total. The lowest BCUT2D eigenvalue weighted by molar-refractivity contribution is 0.626. The van der Waals surface area contributed by atoms with Crippen LogP contribution in [0, 0.1) is 5.82 Å².